The van der Waals surface area contributed by atoms with Gasteiger partial charge in [-0.2, -0.15) is 0 Å². The van der Waals surface area contributed by atoms with Gasteiger partial charge < -0.3 is 14.8 Å². The smallest absolute Gasteiger partial charge is 0.220 e. The van der Waals surface area contributed by atoms with Gasteiger partial charge in [0.2, 0.25) is 5.91 Å². The molecule has 138 valence electrons. The molecule has 0 spiro atoms. The molecular weight excluding hydrogens is 330 g/mol. The van der Waals surface area contributed by atoms with Crippen molar-refractivity contribution in [2.45, 2.75) is 32.7 Å². The molecular formula is C21H25NO4. The molecule has 0 aliphatic rings. The van der Waals surface area contributed by atoms with E-state index in [4.69, 9.17) is 9.47 Å². The van der Waals surface area contributed by atoms with Crippen LogP contribution in [0.25, 0.3) is 0 Å². The standard InChI is InChI=1S/C21H25NO4/c1-4-15-5-8-17(9-6-15)18(23)10-12-21(24)22-14-16-7-11-19(25-2)20(13-16)26-3/h5-9,11,13H,4,10,12,14H2,1-3H3,(H,22,24). The molecule has 0 aliphatic carbocycles. The molecule has 5 heteroatoms. The lowest BCUT2D eigenvalue weighted by Crippen LogP contribution is -2.23. The first kappa shape index (κ1) is 19.5. The summed E-state index contributed by atoms with van der Waals surface area (Å²) < 4.78 is 10.4. The van der Waals surface area contributed by atoms with Gasteiger partial charge in [-0.05, 0) is 29.7 Å². The zero-order valence-electron chi connectivity index (χ0n) is 15.5. The number of nitrogens with one attached hydrogen (secondary N) is 1. The maximum absolute atomic E-state index is 12.2. The fourth-order valence-corrected chi connectivity index (χ4v) is 2.58. The van der Waals surface area contributed by atoms with Crippen molar-refractivity contribution in [2.75, 3.05) is 14.2 Å². The lowest BCUT2D eigenvalue weighted by Gasteiger charge is -2.10. The average molecular weight is 355 g/mol. The van der Waals surface area contributed by atoms with Crippen LogP contribution >= 0.6 is 0 Å². The minimum atomic E-state index is -0.154. The molecule has 1 amide bonds. The van der Waals surface area contributed by atoms with Gasteiger partial charge >= 0.3 is 0 Å². The van der Waals surface area contributed by atoms with Gasteiger partial charge in [0.05, 0.1) is 14.2 Å². The van der Waals surface area contributed by atoms with Crippen LogP contribution in [0.1, 0.15) is 41.3 Å². The lowest BCUT2D eigenvalue weighted by molar-refractivity contribution is -0.121. The highest BCUT2D eigenvalue weighted by Crippen LogP contribution is 2.27. The van der Waals surface area contributed by atoms with Crippen LogP contribution in [-0.4, -0.2) is 25.9 Å². The van der Waals surface area contributed by atoms with Crippen LogP contribution in [0.3, 0.4) is 0 Å². The first-order chi connectivity index (χ1) is 12.6. The molecule has 0 fully saturated rings. The maximum Gasteiger partial charge on any atom is 0.220 e. The third kappa shape index (κ3) is 5.34. The molecule has 2 aromatic rings. The van der Waals surface area contributed by atoms with Gasteiger partial charge in [0.25, 0.3) is 0 Å². The van der Waals surface area contributed by atoms with Crippen molar-refractivity contribution in [3.63, 3.8) is 0 Å². The molecule has 2 aromatic carbocycles. The predicted molar refractivity (Wildman–Crippen MR) is 101 cm³/mol. The highest BCUT2D eigenvalue weighted by atomic mass is 16.5. The molecule has 0 saturated heterocycles. The number of carbonyl (C=O) groups excluding carboxylic acids is 2. The largest absolute Gasteiger partial charge is 0.493 e. The Bertz CT molecular complexity index is 753. The average Bonchev–Trinajstić information content (AvgIpc) is 2.70. The highest BCUT2D eigenvalue weighted by Gasteiger charge is 2.10. The van der Waals surface area contributed by atoms with E-state index in [0.29, 0.717) is 23.6 Å². The van der Waals surface area contributed by atoms with Crippen LogP contribution in [0.15, 0.2) is 42.5 Å². The monoisotopic (exact) mass is 355 g/mol. The predicted octanol–water partition coefficient (Wildman–Crippen LogP) is 3.55. The number of hydrogen-bond acceptors (Lipinski definition) is 4. The normalized spacial score (nSPS) is 10.3. The number of Topliss-reactive ketones (excluding diaryl/α,β-unsaturated/α-hetero) is 1. The first-order valence-electron chi connectivity index (χ1n) is 8.67. The number of hydrogen-bond donors (Lipinski definition) is 1. The van der Waals surface area contributed by atoms with E-state index in [2.05, 4.69) is 12.2 Å². The Labute approximate surface area is 154 Å². The third-order valence-electron chi connectivity index (χ3n) is 4.20. The van der Waals surface area contributed by atoms with Crippen molar-refractivity contribution in [1.82, 2.24) is 5.32 Å². The number of benzene rings is 2. The van der Waals surface area contributed by atoms with Crippen molar-refractivity contribution in [1.29, 1.82) is 0 Å². The summed E-state index contributed by atoms with van der Waals surface area (Å²) in [5, 5.41) is 2.83. The Morgan fingerprint density at radius 2 is 1.54 bits per heavy atom. The summed E-state index contributed by atoms with van der Waals surface area (Å²) in [5.74, 6) is 1.08. The van der Waals surface area contributed by atoms with E-state index >= 15 is 0 Å². The second-order valence-electron chi connectivity index (χ2n) is 5.94. The minimum absolute atomic E-state index is 0.0195. The zero-order chi connectivity index (χ0) is 18.9. The van der Waals surface area contributed by atoms with E-state index in [1.807, 2.05) is 36.4 Å². The molecule has 0 unspecified atom stereocenters. The fraction of sp³-hybridized carbons (Fsp3) is 0.333. The number of rotatable bonds is 9. The minimum Gasteiger partial charge on any atom is -0.493 e. The molecule has 0 radical (unpaired) electrons. The van der Waals surface area contributed by atoms with Crippen molar-refractivity contribution in [3.8, 4) is 11.5 Å². The quantitative estimate of drug-likeness (QED) is 0.699. The molecule has 0 aliphatic heterocycles. The van der Waals surface area contributed by atoms with Crippen LogP contribution in [0, 0.1) is 0 Å². The van der Waals surface area contributed by atoms with Crippen molar-refractivity contribution in [3.05, 3.63) is 59.2 Å². The van der Waals surface area contributed by atoms with Crippen LogP contribution in [0.2, 0.25) is 0 Å². The van der Waals surface area contributed by atoms with Gasteiger partial charge in [0, 0.05) is 24.9 Å². The Morgan fingerprint density at radius 3 is 2.15 bits per heavy atom. The van der Waals surface area contributed by atoms with Crippen molar-refractivity contribution in [2.24, 2.45) is 0 Å². The van der Waals surface area contributed by atoms with Crippen LogP contribution in [0.5, 0.6) is 11.5 Å². The van der Waals surface area contributed by atoms with Gasteiger partial charge in [-0.25, -0.2) is 0 Å². The Morgan fingerprint density at radius 1 is 0.885 bits per heavy atom. The van der Waals surface area contributed by atoms with E-state index in [-0.39, 0.29) is 24.5 Å². The molecule has 0 saturated carbocycles. The van der Waals surface area contributed by atoms with Crippen LogP contribution < -0.4 is 14.8 Å². The Kier molecular flexibility index (Phi) is 7.21. The second kappa shape index (κ2) is 9.61. The molecule has 1 N–H and O–H groups in total. The van der Waals surface area contributed by atoms with E-state index in [1.54, 1.807) is 20.3 Å². The van der Waals surface area contributed by atoms with E-state index in [0.717, 1.165) is 12.0 Å². The molecule has 0 bridgehead atoms. The summed E-state index contributed by atoms with van der Waals surface area (Å²) in [6, 6.07) is 13.0. The summed E-state index contributed by atoms with van der Waals surface area (Å²) in [4.78, 5) is 24.2. The molecule has 0 aromatic heterocycles. The molecule has 0 atom stereocenters. The van der Waals surface area contributed by atoms with E-state index in [9.17, 15) is 9.59 Å². The number of carbonyl (C=O) groups is 2. The zero-order valence-corrected chi connectivity index (χ0v) is 15.5. The summed E-state index contributed by atoms with van der Waals surface area (Å²) >= 11 is 0. The summed E-state index contributed by atoms with van der Waals surface area (Å²) in [7, 11) is 3.14. The maximum atomic E-state index is 12.2. The van der Waals surface area contributed by atoms with Crippen LogP contribution in [-0.2, 0) is 17.8 Å². The highest BCUT2D eigenvalue weighted by molar-refractivity contribution is 5.97. The van der Waals surface area contributed by atoms with E-state index < -0.39 is 0 Å². The Hall–Kier alpha value is -2.82. The number of aryl methyl sites for hydroxylation is 1. The number of methoxy groups -OCH3 is 2. The van der Waals surface area contributed by atoms with Gasteiger partial charge in [-0.1, -0.05) is 37.3 Å². The van der Waals surface area contributed by atoms with Crippen LogP contribution in [0.4, 0.5) is 0 Å². The SMILES string of the molecule is CCc1ccc(C(=O)CCC(=O)NCc2ccc(OC)c(OC)c2)cc1. The lowest BCUT2D eigenvalue weighted by atomic mass is 10.0. The summed E-state index contributed by atoms with van der Waals surface area (Å²) in [6.45, 7) is 2.44. The second-order valence-corrected chi connectivity index (χ2v) is 5.94. The van der Waals surface area contributed by atoms with E-state index in [1.165, 1.54) is 5.56 Å². The fourth-order valence-electron chi connectivity index (χ4n) is 2.58. The van der Waals surface area contributed by atoms with Gasteiger partial charge in [0.1, 0.15) is 0 Å². The Balaban J connectivity index is 1.82. The number of amides is 1. The van der Waals surface area contributed by atoms with Crippen molar-refractivity contribution < 1.29 is 19.1 Å². The number of ether oxygens (including phenoxy) is 2. The summed E-state index contributed by atoms with van der Waals surface area (Å²) in [5.41, 5.74) is 2.74. The van der Waals surface area contributed by atoms with Crippen molar-refractivity contribution >= 4 is 11.7 Å². The van der Waals surface area contributed by atoms with Gasteiger partial charge in [0.15, 0.2) is 17.3 Å². The topological polar surface area (TPSA) is 64.6 Å². The third-order valence-corrected chi connectivity index (χ3v) is 4.20. The summed E-state index contributed by atoms with van der Waals surface area (Å²) in [6.07, 6.45) is 1.30. The molecule has 0 heterocycles. The molecule has 5 nitrogen and oxygen atoms in total. The molecule has 2 rings (SSSR count). The number of ketones is 1. The molecule has 26 heavy (non-hydrogen) atoms. The van der Waals surface area contributed by atoms with Gasteiger partial charge in [-0.3, -0.25) is 9.59 Å². The first-order valence-corrected chi connectivity index (χ1v) is 8.67. The van der Waals surface area contributed by atoms with Gasteiger partial charge in [-0.15, -0.1) is 0 Å².